The van der Waals surface area contributed by atoms with Gasteiger partial charge >= 0.3 is 0 Å². The van der Waals surface area contributed by atoms with Crippen LogP contribution in [-0.2, 0) is 4.79 Å². The van der Waals surface area contributed by atoms with Gasteiger partial charge in [0.1, 0.15) is 6.33 Å². The Hall–Kier alpha value is -2.94. The second-order valence-electron chi connectivity index (χ2n) is 3.39. The Kier molecular flexibility index (Phi) is 3.47. The summed E-state index contributed by atoms with van der Waals surface area (Å²) in [6, 6.07) is 8.99. The lowest BCUT2D eigenvalue weighted by molar-refractivity contribution is -0.111. The van der Waals surface area contributed by atoms with Gasteiger partial charge in [0.15, 0.2) is 0 Å². The molecule has 0 spiro atoms. The molecule has 0 saturated heterocycles. The van der Waals surface area contributed by atoms with Crippen molar-refractivity contribution in [3.63, 3.8) is 0 Å². The van der Waals surface area contributed by atoms with Crippen molar-refractivity contribution >= 4 is 17.9 Å². The van der Waals surface area contributed by atoms with Crippen molar-refractivity contribution in [1.82, 2.24) is 15.2 Å². The fourth-order valence-electron chi connectivity index (χ4n) is 1.31. The van der Waals surface area contributed by atoms with Gasteiger partial charge in [0.05, 0.1) is 11.6 Å². The average Bonchev–Trinajstić information content (AvgIpc) is 2.89. The SMILES string of the molecule is N#Cc1cccc(/C=C/C(=O)Nc2ncn[nH]2)c1. The third-order valence-electron chi connectivity index (χ3n) is 2.10. The molecular formula is C12H9N5O. The molecule has 6 heteroatoms. The summed E-state index contributed by atoms with van der Waals surface area (Å²) in [5.41, 5.74) is 1.33. The van der Waals surface area contributed by atoms with Crippen molar-refractivity contribution in [2.24, 2.45) is 0 Å². The number of nitrogens with one attached hydrogen (secondary N) is 2. The van der Waals surface area contributed by atoms with E-state index in [1.165, 1.54) is 12.4 Å². The number of nitrogens with zero attached hydrogens (tertiary/aromatic N) is 3. The standard InChI is InChI=1S/C12H9N5O/c13-7-10-3-1-2-9(6-10)4-5-11(18)16-12-14-8-15-17-12/h1-6,8H,(H2,14,15,16,17,18)/b5-4+. The predicted octanol–water partition coefficient (Wildman–Crippen LogP) is 1.33. The van der Waals surface area contributed by atoms with Crippen molar-refractivity contribution in [1.29, 1.82) is 5.26 Å². The zero-order valence-electron chi connectivity index (χ0n) is 9.29. The van der Waals surface area contributed by atoms with Gasteiger partial charge in [-0.2, -0.15) is 15.3 Å². The van der Waals surface area contributed by atoms with E-state index in [2.05, 4.69) is 20.5 Å². The van der Waals surface area contributed by atoms with Gasteiger partial charge in [-0.1, -0.05) is 12.1 Å². The van der Waals surface area contributed by atoms with Crippen LogP contribution in [0.5, 0.6) is 0 Å². The zero-order valence-corrected chi connectivity index (χ0v) is 9.29. The summed E-state index contributed by atoms with van der Waals surface area (Å²) in [5.74, 6) is -0.0375. The highest BCUT2D eigenvalue weighted by atomic mass is 16.1. The largest absolute Gasteiger partial charge is 0.291 e. The van der Waals surface area contributed by atoms with Crippen molar-refractivity contribution in [2.45, 2.75) is 0 Å². The number of benzene rings is 1. The van der Waals surface area contributed by atoms with E-state index in [9.17, 15) is 4.79 Å². The molecule has 2 aromatic rings. The molecule has 0 radical (unpaired) electrons. The van der Waals surface area contributed by atoms with Gasteiger partial charge in [0.25, 0.3) is 5.91 Å². The molecule has 0 aliphatic rings. The number of carbonyl (C=O) groups is 1. The number of aromatic nitrogens is 3. The number of hydrogen-bond donors (Lipinski definition) is 2. The van der Waals surface area contributed by atoms with E-state index < -0.39 is 0 Å². The lowest BCUT2D eigenvalue weighted by Crippen LogP contribution is -2.08. The molecular weight excluding hydrogens is 230 g/mol. The molecule has 0 saturated carbocycles. The van der Waals surface area contributed by atoms with E-state index in [4.69, 9.17) is 5.26 Å². The Balaban J connectivity index is 2.02. The zero-order chi connectivity index (χ0) is 12.8. The van der Waals surface area contributed by atoms with Crippen LogP contribution in [0, 0.1) is 11.3 Å². The topological polar surface area (TPSA) is 94.5 Å². The minimum absolute atomic E-state index is 0.287. The van der Waals surface area contributed by atoms with E-state index >= 15 is 0 Å². The molecule has 2 rings (SSSR count). The number of H-pyrrole nitrogens is 1. The number of anilines is 1. The molecule has 1 amide bonds. The third kappa shape index (κ3) is 3.02. The maximum Gasteiger partial charge on any atom is 0.250 e. The Labute approximate surface area is 103 Å². The second kappa shape index (κ2) is 5.41. The molecule has 0 aliphatic heterocycles. The summed E-state index contributed by atoms with van der Waals surface area (Å²) in [5, 5.41) is 17.4. The van der Waals surface area contributed by atoms with Crippen LogP contribution in [0.15, 0.2) is 36.7 Å². The third-order valence-corrected chi connectivity index (χ3v) is 2.10. The first-order valence-corrected chi connectivity index (χ1v) is 5.12. The molecule has 0 fully saturated rings. The van der Waals surface area contributed by atoms with Crippen molar-refractivity contribution in [2.75, 3.05) is 5.32 Å². The fraction of sp³-hybridized carbons (Fsp3) is 0. The first-order valence-electron chi connectivity index (χ1n) is 5.12. The van der Waals surface area contributed by atoms with E-state index in [0.717, 1.165) is 5.56 Å². The maximum absolute atomic E-state index is 11.5. The number of amides is 1. The van der Waals surface area contributed by atoms with Crippen LogP contribution in [0.4, 0.5) is 5.95 Å². The molecule has 0 atom stereocenters. The minimum atomic E-state index is -0.325. The lowest BCUT2D eigenvalue weighted by Gasteiger charge is -1.96. The summed E-state index contributed by atoms with van der Waals surface area (Å²) in [7, 11) is 0. The quantitative estimate of drug-likeness (QED) is 0.790. The lowest BCUT2D eigenvalue weighted by atomic mass is 10.1. The Morgan fingerprint density at radius 3 is 3.11 bits per heavy atom. The van der Waals surface area contributed by atoms with Crippen molar-refractivity contribution < 1.29 is 4.79 Å². The summed E-state index contributed by atoms with van der Waals surface area (Å²) >= 11 is 0. The van der Waals surface area contributed by atoms with Gasteiger partial charge in [0.2, 0.25) is 5.95 Å². The van der Waals surface area contributed by atoms with Crippen LogP contribution in [0.25, 0.3) is 6.08 Å². The van der Waals surface area contributed by atoms with Crippen LogP contribution in [0.1, 0.15) is 11.1 Å². The molecule has 2 N–H and O–H groups in total. The van der Waals surface area contributed by atoms with Crippen LogP contribution < -0.4 is 5.32 Å². The van der Waals surface area contributed by atoms with Crippen LogP contribution in [-0.4, -0.2) is 21.1 Å². The summed E-state index contributed by atoms with van der Waals surface area (Å²) in [6.45, 7) is 0. The van der Waals surface area contributed by atoms with Crippen LogP contribution in [0.3, 0.4) is 0 Å². The molecule has 6 nitrogen and oxygen atoms in total. The van der Waals surface area contributed by atoms with E-state index in [1.54, 1.807) is 30.3 Å². The van der Waals surface area contributed by atoms with Crippen molar-refractivity contribution in [3.05, 3.63) is 47.8 Å². The van der Waals surface area contributed by atoms with Gasteiger partial charge in [-0.3, -0.25) is 10.1 Å². The monoisotopic (exact) mass is 239 g/mol. The number of aromatic amines is 1. The molecule has 18 heavy (non-hydrogen) atoms. The average molecular weight is 239 g/mol. The molecule has 88 valence electrons. The van der Waals surface area contributed by atoms with Crippen LogP contribution >= 0.6 is 0 Å². The number of carbonyl (C=O) groups excluding carboxylic acids is 1. The number of nitriles is 1. The van der Waals surface area contributed by atoms with E-state index in [-0.39, 0.29) is 11.9 Å². The summed E-state index contributed by atoms with van der Waals surface area (Å²) in [4.78, 5) is 15.3. The highest BCUT2D eigenvalue weighted by Gasteiger charge is 1.99. The highest BCUT2D eigenvalue weighted by molar-refractivity contribution is 6.00. The molecule has 0 unspecified atom stereocenters. The smallest absolute Gasteiger partial charge is 0.250 e. The first-order chi connectivity index (χ1) is 8.78. The fourth-order valence-corrected chi connectivity index (χ4v) is 1.31. The molecule has 0 aliphatic carbocycles. The van der Waals surface area contributed by atoms with Crippen molar-refractivity contribution in [3.8, 4) is 6.07 Å². The van der Waals surface area contributed by atoms with Gasteiger partial charge < -0.3 is 0 Å². The first kappa shape index (κ1) is 11.5. The Bertz CT molecular complexity index is 610. The Morgan fingerprint density at radius 1 is 1.50 bits per heavy atom. The molecule has 1 heterocycles. The Morgan fingerprint density at radius 2 is 2.39 bits per heavy atom. The van der Waals surface area contributed by atoms with Gasteiger partial charge in [0, 0.05) is 6.08 Å². The number of rotatable bonds is 3. The minimum Gasteiger partial charge on any atom is -0.291 e. The van der Waals surface area contributed by atoms with Gasteiger partial charge in [-0.05, 0) is 23.8 Å². The van der Waals surface area contributed by atoms with E-state index in [0.29, 0.717) is 5.56 Å². The van der Waals surface area contributed by atoms with Crippen LogP contribution in [0.2, 0.25) is 0 Å². The predicted molar refractivity (Wildman–Crippen MR) is 65.2 cm³/mol. The number of hydrogen-bond acceptors (Lipinski definition) is 4. The highest BCUT2D eigenvalue weighted by Crippen LogP contribution is 2.06. The molecule has 1 aromatic carbocycles. The normalized spacial score (nSPS) is 10.2. The summed E-state index contributed by atoms with van der Waals surface area (Å²) in [6.07, 6.45) is 4.28. The summed E-state index contributed by atoms with van der Waals surface area (Å²) < 4.78 is 0. The van der Waals surface area contributed by atoms with Gasteiger partial charge in [-0.25, -0.2) is 5.10 Å². The molecule has 0 bridgehead atoms. The molecule has 1 aromatic heterocycles. The van der Waals surface area contributed by atoms with Gasteiger partial charge in [-0.15, -0.1) is 0 Å². The second-order valence-corrected chi connectivity index (χ2v) is 3.39. The van der Waals surface area contributed by atoms with E-state index in [1.807, 2.05) is 6.07 Å². The maximum atomic E-state index is 11.5.